The summed E-state index contributed by atoms with van der Waals surface area (Å²) in [5, 5.41) is 19.1. The molecule has 2 rings (SSSR count). The first kappa shape index (κ1) is 11.8. The van der Waals surface area contributed by atoms with Crippen molar-refractivity contribution in [3.63, 3.8) is 0 Å². The van der Waals surface area contributed by atoms with Crippen LogP contribution in [0, 0.1) is 5.82 Å². The Morgan fingerprint density at radius 1 is 1.31 bits per heavy atom. The van der Waals surface area contributed by atoms with Crippen molar-refractivity contribution >= 4 is 11.6 Å². The second-order valence-corrected chi connectivity index (χ2v) is 4.44. The lowest BCUT2D eigenvalue weighted by Crippen LogP contribution is -2.22. The molecule has 1 heterocycles. The Kier molecular flexibility index (Phi) is 3.44. The van der Waals surface area contributed by atoms with Crippen LogP contribution in [-0.4, -0.2) is 40.4 Å². The minimum Gasteiger partial charge on any atom is -0.389 e. The highest BCUT2D eigenvalue weighted by molar-refractivity contribution is 6.31. The minimum absolute atomic E-state index is 0.305. The van der Waals surface area contributed by atoms with Crippen LogP contribution in [0.25, 0.3) is 0 Å². The average Bonchev–Trinajstić information content (AvgIpc) is 2.53. The van der Waals surface area contributed by atoms with Crippen molar-refractivity contribution in [1.82, 2.24) is 4.90 Å². The molecule has 1 aromatic carbocycles. The van der Waals surface area contributed by atoms with Crippen molar-refractivity contribution in [1.29, 1.82) is 0 Å². The van der Waals surface area contributed by atoms with E-state index in [1.54, 1.807) is 17.0 Å². The minimum atomic E-state index is -0.759. The third-order valence-corrected chi connectivity index (χ3v) is 3.13. The van der Waals surface area contributed by atoms with E-state index >= 15 is 0 Å². The number of aliphatic hydroxyl groups is 2. The van der Waals surface area contributed by atoms with Gasteiger partial charge in [0.2, 0.25) is 0 Å². The van der Waals surface area contributed by atoms with Gasteiger partial charge in [-0.25, -0.2) is 4.39 Å². The van der Waals surface area contributed by atoms with E-state index in [0.29, 0.717) is 30.2 Å². The van der Waals surface area contributed by atoms with Crippen molar-refractivity contribution in [2.24, 2.45) is 0 Å². The molecule has 0 aliphatic carbocycles. The van der Waals surface area contributed by atoms with Gasteiger partial charge in [-0.05, 0) is 12.1 Å². The average molecular weight is 246 g/mol. The largest absolute Gasteiger partial charge is 0.389 e. The molecule has 16 heavy (non-hydrogen) atoms. The summed E-state index contributed by atoms with van der Waals surface area (Å²) in [6.45, 7) is 0.983. The van der Waals surface area contributed by atoms with E-state index in [-0.39, 0.29) is 5.82 Å². The fourth-order valence-corrected chi connectivity index (χ4v) is 2.11. The first-order valence-electron chi connectivity index (χ1n) is 5.09. The van der Waals surface area contributed by atoms with Crippen molar-refractivity contribution in [3.05, 3.63) is 34.6 Å². The maximum Gasteiger partial charge on any atom is 0.129 e. The number of β-amino-alcohol motifs (C(OH)–C–C–N with tert-alkyl or cyclic N) is 2. The van der Waals surface area contributed by atoms with Gasteiger partial charge in [-0.15, -0.1) is 0 Å². The Morgan fingerprint density at radius 2 is 1.94 bits per heavy atom. The van der Waals surface area contributed by atoms with Gasteiger partial charge < -0.3 is 10.2 Å². The highest BCUT2D eigenvalue weighted by Gasteiger charge is 2.30. The smallest absolute Gasteiger partial charge is 0.129 e. The topological polar surface area (TPSA) is 43.7 Å². The van der Waals surface area contributed by atoms with Gasteiger partial charge in [0.1, 0.15) is 5.82 Å². The van der Waals surface area contributed by atoms with Gasteiger partial charge in [0.15, 0.2) is 0 Å². The summed E-state index contributed by atoms with van der Waals surface area (Å²) in [6, 6.07) is 4.53. The van der Waals surface area contributed by atoms with Crippen LogP contribution in [0.3, 0.4) is 0 Å². The van der Waals surface area contributed by atoms with Crippen molar-refractivity contribution in [2.45, 2.75) is 18.8 Å². The maximum atomic E-state index is 13.5. The predicted molar refractivity (Wildman–Crippen MR) is 58.7 cm³/mol. The molecule has 3 nitrogen and oxygen atoms in total. The Bertz CT molecular complexity index is 358. The van der Waals surface area contributed by atoms with Gasteiger partial charge in [-0.2, -0.15) is 0 Å². The molecule has 0 unspecified atom stereocenters. The lowest BCUT2D eigenvalue weighted by Gasteiger charge is -2.16. The number of hydrogen-bond donors (Lipinski definition) is 2. The van der Waals surface area contributed by atoms with Crippen LogP contribution in [0.15, 0.2) is 18.2 Å². The molecule has 0 radical (unpaired) electrons. The lowest BCUT2D eigenvalue weighted by atomic mass is 10.2. The summed E-state index contributed by atoms with van der Waals surface area (Å²) < 4.78 is 13.5. The molecule has 0 bridgehead atoms. The first-order valence-corrected chi connectivity index (χ1v) is 5.47. The number of hydrogen-bond acceptors (Lipinski definition) is 3. The molecule has 2 atom stereocenters. The zero-order valence-electron chi connectivity index (χ0n) is 8.61. The van der Waals surface area contributed by atoms with E-state index in [2.05, 4.69) is 0 Å². The van der Waals surface area contributed by atoms with E-state index in [0.717, 1.165) is 0 Å². The molecule has 0 amide bonds. The summed E-state index contributed by atoms with van der Waals surface area (Å²) in [4.78, 5) is 1.78. The van der Waals surface area contributed by atoms with Gasteiger partial charge in [0.05, 0.1) is 12.2 Å². The van der Waals surface area contributed by atoms with E-state index in [1.807, 2.05) is 0 Å². The Morgan fingerprint density at radius 3 is 2.50 bits per heavy atom. The van der Waals surface area contributed by atoms with Gasteiger partial charge in [-0.1, -0.05) is 17.7 Å². The van der Waals surface area contributed by atoms with Crippen molar-refractivity contribution in [3.8, 4) is 0 Å². The SMILES string of the molecule is O[C@@H]1CN(Cc2c(F)cccc2Cl)C[C@@H]1O. The maximum absolute atomic E-state index is 13.5. The van der Waals surface area contributed by atoms with Crippen molar-refractivity contribution in [2.75, 3.05) is 13.1 Å². The van der Waals surface area contributed by atoms with E-state index in [1.165, 1.54) is 6.07 Å². The molecular weight excluding hydrogens is 233 g/mol. The molecule has 0 saturated carbocycles. The summed E-state index contributed by atoms with van der Waals surface area (Å²) in [6.07, 6.45) is -1.52. The lowest BCUT2D eigenvalue weighted by molar-refractivity contribution is 0.0572. The van der Waals surface area contributed by atoms with Gasteiger partial charge in [0.25, 0.3) is 0 Å². The molecule has 0 spiro atoms. The van der Waals surface area contributed by atoms with E-state index in [4.69, 9.17) is 11.6 Å². The highest BCUT2D eigenvalue weighted by Crippen LogP contribution is 2.22. The van der Waals surface area contributed by atoms with Gasteiger partial charge in [0, 0.05) is 30.2 Å². The molecule has 1 aliphatic heterocycles. The molecule has 0 aromatic heterocycles. The Labute approximate surface area is 98.1 Å². The van der Waals surface area contributed by atoms with E-state index in [9.17, 15) is 14.6 Å². The molecular formula is C11H13ClFNO2. The molecule has 88 valence electrons. The fourth-order valence-electron chi connectivity index (χ4n) is 1.88. The van der Waals surface area contributed by atoms with Crippen LogP contribution in [0.1, 0.15) is 5.56 Å². The number of benzene rings is 1. The number of nitrogens with zero attached hydrogens (tertiary/aromatic N) is 1. The van der Waals surface area contributed by atoms with Crippen LogP contribution in [0.4, 0.5) is 4.39 Å². The number of likely N-dealkylation sites (tertiary alicyclic amines) is 1. The number of halogens is 2. The molecule has 1 fully saturated rings. The standard InChI is InChI=1S/C11H13ClFNO2/c12-8-2-1-3-9(13)7(8)4-14-5-10(15)11(16)6-14/h1-3,10-11,15-16H,4-6H2/t10-,11+. The monoisotopic (exact) mass is 245 g/mol. The van der Waals surface area contributed by atoms with Crippen LogP contribution in [0.2, 0.25) is 5.02 Å². The van der Waals surface area contributed by atoms with Gasteiger partial charge >= 0.3 is 0 Å². The van der Waals surface area contributed by atoms with Crippen molar-refractivity contribution < 1.29 is 14.6 Å². The summed E-state index contributed by atoms with van der Waals surface area (Å²) in [5.74, 6) is -0.358. The second kappa shape index (κ2) is 4.67. The fraction of sp³-hybridized carbons (Fsp3) is 0.455. The Balaban J connectivity index is 2.10. The third-order valence-electron chi connectivity index (χ3n) is 2.78. The molecule has 1 aliphatic rings. The number of aliphatic hydroxyl groups excluding tert-OH is 2. The highest BCUT2D eigenvalue weighted by atomic mass is 35.5. The van der Waals surface area contributed by atoms with Crippen LogP contribution in [-0.2, 0) is 6.54 Å². The molecule has 5 heteroatoms. The quantitative estimate of drug-likeness (QED) is 0.818. The zero-order chi connectivity index (χ0) is 11.7. The van der Waals surface area contributed by atoms with Crippen LogP contribution < -0.4 is 0 Å². The molecule has 2 N–H and O–H groups in total. The predicted octanol–water partition coefficient (Wildman–Crippen LogP) is 1.02. The number of rotatable bonds is 2. The zero-order valence-corrected chi connectivity index (χ0v) is 9.36. The van der Waals surface area contributed by atoms with Crippen LogP contribution in [0.5, 0.6) is 0 Å². The summed E-state index contributed by atoms with van der Waals surface area (Å²) in [5.41, 5.74) is 0.408. The normalized spacial score (nSPS) is 26.2. The summed E-state index contributed by atoms with van der Waals surface area (Å²) in [7, 11) is 0. The Hall–Kier alpha value is -0.680. The van der Waals surface area contributed by atoms with Crippen LogP contribution >= 0.6 is 11.6 Å². The van der Waals surface area contributed by atoms with Gasteiger partial charge in [-0.3, -0.25) is 4.90 Å². The molecule has 1 saturated heterocycles. The summed E-state index contributed by atoms with van der Waals surface area (Å²) >= 11 is 5.89. The van der Waals surface area contributed by atoms with E-state index < -0.39 is 12.2 Å². The second-order valence-electron chi connectivity index (χ2n) is 4.03. The third kappa shape index (κ3) is 2.35. The first-order chi connectivity index (χ1) is 7.58. The molecule has 1 aromatic rings.